The van der Waals surface area contributed by atoms with E-state index in [1.54, 1.807) is 0 Å². The number of hydrogen-bond acceptors (Lipinski definition) is 2. The van der Waals surface area contributed by atoms with E-state index in [1.807, 2.05) is 25.1 Å². The minimum atomic E-state index is -0.176. The van der Waals surface area contributed by atoms with Gasteiger partial charge in [0.05, 0.1) is 6.54 Å². The SMILES string of the molecule is Cc1cc(Br)ccc1NC(=O)CN.Cl. The van der Waals surface area contributed by atoms with Crippen molar-refractivity contribution in [1.82, 2.24) is 0 Å². The fourth-order valence-electron chi connectivity index (χ4n) is 0.969. The highest BCUT2D eigenvalue weighted by Crippen LogP contribution is 2.19. The molecule has 0 bridgehead atoms. The molecular formula is C9H12BrClN2O. The molecule has 0 atom stereocenters. The van der Waals surface area contributed by atoms with Gasteiger partial charge in [-0.25, -0.2) is 0 Å². The monoisotopic (exact) mass is 278 g/mol. The summed E-state index contributed by atoms with van der Waals surface area (Å²) in [7, 11) is 0. The van der Waals surface area contributed by atoms with Crippen LogP contribution in [-0.2, 0) is 4.79 Å². The first-order chi connectivity index (χ1) is 6.13. The lowest BCUT2D eigenvalue weighted by molar-refractivity contribution is -0.114. The Hall–Kier alpha value is -0.580. The molecule has 14 heavy (non-hydrogen) atoms. The predicted molar refractivity (Wildman–Crippen MR) is 63.8 cm³/mol. The molecule has 0 aromatic heterocycles. The Morgan fingerprint density at radius 3 is 2.71 bits per heavy atom. The highest BCUT2D eigenvalue weighted by atomic mass is 79.9. The minimum Gasteiger partial charge on any atom is -0.325 e. The molecule has 1 aromatic rings. The van der Waals surface area contributed by atoms with E-state index < -0.39 is 0 Å². The lowest BCUT2D eigenvalue weighted by Crippen LogP contribution is -2.22. The zero-order valence-electron chi connectivity index (χ0n) is 7.71. The Kier molecular flexibility index (Phi) is 5.76. The molecule has 0 unspecified atom stereocenters. The van der Waals surface area contributed by atoms with Crippen molar-refractivity contribution in [1.29, 1.82) is 0 Å². The Balaban J connectivity index is 0.00000169. The van der Waals surface area contributed by atoms with Crippen LogP contribution in [0.15, 0.2) is 22.7 Å². The first kappa shape index (κ1) is 13.4. The van der Waals surface area contributed by atoms with Gasteiger partial charge in [0.15, 0.2) is 0 Å². The van der Waals surface area contributed by atoms with Gasteiger partial charge >= 0.3 is 0 Å². The summed E-state index contributed by atoms with van der Waals surface area (Å²) in [6.45, 7) is 1.94. The molecule has 0 radical (unpaired) electrons. The van der Waals surface area contributed by atoms with Gasteiger partial charge in [0.25, 0.3) is 0 Å². The maximum atomic E-state index is 11.0. The third-order valence-corrected chi connectivity index (χ3v) is 2.14. The average molecular weight is 280 g/mol. The molecule has 0 aliphatic rings. The zero-order valence-corrected chi connectivity index (χ0v) is 10.1. The molecule has 0 heterocycles. The molecule has 1 rings (SSSR count). The molecule has 1 aromatic carbocycles. The van der Waals surface area contributed by atoms with Crippen LogP contribution < -0.4 is 11.1 Å². The summed E-state index contributed by atoms with van der Waals surface area (Å²) >= 11 is 3.34. The largest absolute Gasteiger partial charge is 0.325 e. The summed E-state index contributed by atoms with van der Waals surface area (Å²) < 4.78 is 0.996. The maximum absolute atomic E-state index is 11.0. The summed E-state index contributed by atoms with van der Waals surface area (Å²) in [6.07, 6.45) is 0. The van der Waals surface area contributed by atoms with E-state index in [2.05, 4.69) is 21.2 Å². The topological polar surface area (TPSA) is 55.1 Å². The van der Waals surface area contributed by atoms with Crippen LogP contribution in [0, 0.1) is 6.92 Å². The summed E-state index contributed by atoms with van der Waals surface area (Å²) in [5.74, 6) is -0.176. The predicted octanol–water partition coefficient (Wildman–Crippen LogP) is 2.08. The molecule has 0 saturated carbocycles. The standard InChI is InChI=1S/C9H11BrN2O.ClH/c1-6-4-7(10)2-3-8(6)12-9(13)5-11;/h2-4H,5,11H2,1H3,(H,12,13);1H. The number of nitrogens with one attached hydrogen (secondary N) is 1. The number of anilines is 1. The van der Waals surface area contributed by atoms with Gasteiger partial charge in [0, 0.05) is 10.2 Å². The Morgan fingerprint density at radius 2 is 2.21 bits per heavy atom. The Labute approximate surface area is 97.6 Å². The number of hydrogen-bond donors (Lipinski definition) is 2. The van der Waals surface area contributed by atoms with Gasteiger partial charge < -0.3 is 11.1 Å². The van der Waals surface area contributed by atoms with E-state index in [0.29, 0.717) is 0 Å². The van der Waals surface area contributed by atoms with Crippen LogP contribution in [0.2, 0.25) is 0 Å². The van der Waals surface area contributed by atoms with Crippen LogP contribution >= 0.6 is 28.3 Å². The van der Waals surface area contributed by atoms with E-state index in [-0.39, 0.29) is 24.9 Å². The number of amides is 1. The number of carbonyl (C=O) groups excluding carboxylic acids is 1. The van der Waals surface area contributed by atoms with E-state index in [4.69, 9.17) is 5.73 Å². The number of aryl methyl sites for hydroxylation is 1. The number of nitrogens with two attached hydrogens (primary N) is 1. The van der Waals surface area contributed by atoms with Gasteiger partial charge in [0.1, 0.15) is 0 Å². The molecule has 0 spiro atoms. The normalized spacial score (nSPS) is 9.07. The second-order valence-electron chi connectivity index (χ2n) is 2.71. The second kappa shape index (κ2) is 6.01. The first-order valence-electron chi connectivity index (χ1n) is 3.89. The molecule has 0 fully saturated rings. The Bertz CT molecular complexity index is 331. The number of carbonyl (C=O) groups is 1. The van der Waals surface area contributed by atoms with Crippen molar-refractivity contribution >= 4 is 39.9 Å². The van der Waals surface area contributed by atoms with Gasteiger partial charge in [-0.1, -0.05) is 15.9 Å². The van der Waals surface area contributed by atoms with Gasteiger partial charge in [-0.3, -0.25) is 4.79 Å². The molecule has 5 heteroatoms. The van der Waals surface area contributed by atoms with Crippen LogP contribution in [0.4, 0.5) is 5.69 Å². The maximum Gasteiger partial charge on any atom is 0.238 e. The third-order valence-electron chi connectivity index (χ3n) is 1.65. The molecule has 3 N–H and O–H groups in total. The molecule has 1 amide bonds. The number of rotatable bonds is 2. The van der Waals surface area contributed by atoms with Crippen molar-refractivity contribution < 1.29 is 4.79 Å². The molecule has 0 saturated heterocycles. The van der Waals surface area contributed by atoms with Crippen LogP contribution in [0.3, 0.4) is 0 Å². The van der Waals surface area contributed by atoms with Crippen LogP contribution in [0.1, 0.15) is 5.56 Å². The number of benzene rings is 1. The summed E-state index contributed by atoms with van der Waals surface area (Å²) in [5.41, 5.74) is 6.99. The lowest BCUT2D eigenvalue weighted by atomic mass is 10.2. The fraction of sp³-hybridized carbons (Fsp3) is 0.222. The van der Waals surface area contributed by atoms with Gasteiger partial charge in [-0.2, -0.15) is 0 Å². The highest BCUT2D eigenvalue weighted by molar-refractivity contribution is 9.10. The molecular weight excluding hydrogens is 267 g/mol. The highest BCUT2D eigenvalue weighted by Gasteiger charge is 2.01. The summed E-state index contributed by atoms with van der Waals surface area (Å²) in [4.78, 5) is 11.0. The molecule has 3 nitrogen and oxygen atoms in total. The Morgan fingerprint density at radius 1 is 1.57 bits per heavy atom. The zero-order chi connectivity index (χ0) is 9.84. The van der Waals surface area contributed by atoms with Crippen molar-refractivity contribution in [2.24, 2.45) is 5.73 Å². The van der Waals surface area contributed by atoms with E-state index in [9.17, 15) is 4.79 Å². The van der Waals surface area contributed by atoms with Gasteiger partial charge in [-0.05, 0) is 30.7 Å². The van der Waals surface area contributed by atoms with Crippen molar-refractivity contribution in [3.63, 3.8) is 0 Å². The van der Waals surface area contributed by atoms with E-state index in [1.165, 1.54) is 0 Å². The van der Waals surface area contributed by atoms with E-state index >= 15 is 0 Å². The number of halogens is 2. The molecule has 78 valence electrons. The van der Waals surface area contributed by atoms with Crippen LogP contribution in [0.5, 0.6) is 0 Å². The van der Waals surface area contributed by atoms with Gasteiger partial charge in [0.2, 0.25) is 5.91 Å². The van der Waals surface area contributed by atoms with Crippen molar-refractivity contribution in [2.75, 3.05) is 11.9 Å². The van der Waals surface area contributed by atoms with E-state index in [0.717, 1.165) is 15.7 Å². The van der Waals surface area contributed by atoms with Crippen molar-refractivity contribution in [3.05, 3.63) is 28.2 Å². The first-order valence-corrected chi connectivity index (χ1v) is 4.69. The van der Waals surface area contributed by atoms with Crippen LogP contribution in [-0.4, -0.2) is 12.5 Å². The average Bonchev–Trinajstić information content (AvgIpc) is 2.09. The minimum absolute atomic E-state index is 0. The molecule has 0 aliphatic carbocycles. The molecule has 0 aliphatic heterocycles. The second-order valence-corrected chi connectivity index (χ2v) is 3.63. The lowest BCUT2D eigenvalue weighted by Gasteiger charge is -2.06. The summed E-state index contributed by atoms with van der Waals surface area (Å²) in [6, 6.07) is 5.65. The summed E-state index contributed by atoms with van der Waals surface area (Å²) in [5, 5.41) is 2.70. The van der Waals surface area contributed by atoms with Crippen molar-refractivity contribution in [2.45, 2.75) is 6.92 Å². The van der Waals surface area contributed by atoms with Gasteiger partial charge in [-0.15, -0.1) is 12.4 Å². The van der Waals surface area contributed by atoms with Crippen molar-refractivity contribution in [3.8, 4) is 0 Å². The fourth-order valence-corrected chi connectivity index (χ4v) is 1.44. The smallest absolute Gasteiger partial charge is 0.238 e. The third kappa shape index (κ3) is 3.65. The quantitative estimate of drug-likeness (QED) is 0.871. The van der Waals surface area contributed by atoms with Crippen LogP contribution in [0.25, 0.3) is 0 Å².